The second kappa shape index (κ2) is 8.93. The van der Waals surface area contributed by atoms with Crippen LogP contribution in [0.15, 0.2) is 71.5 Å². The molecule has 4 aromatic rings. The SMILES string of the molecule is COc1cccc(C(=O)Cn2nc(-c3ccc(OC)c(OC)c3)c3ccccc3c2=O)c1. The van der Waals surface area contributed by atoms with Gasteiger partial charge in [-0.2, -0.15) is 5.10 Å². The van der Waals surface area contributed by atoms with Crippen LogP contribution in [-0.2, 0) is 6.54 Å². The maximum absolute atomic E-state index is 13.1. The van der Waals surface area contributed by atoms with E-state index in [0.29, 0.717) is 39.3 Å². The number of hydrogen-bond acceptors (Lipinski definition) is 6. The molecule has 0 bridgehead atoms. The Morgan fingerprint density at radius 1 is 0.844 bits per heavy atom. The molecule has 7 nitrogen and oxygen atoms in total. The summed E-state index contributed by atoms with van der Waals surface area (Å²) in [6, 6.07) is 19.4. The van der Waals surface area contributed by atoms with Gasteiger partial charge in [0.1, 0.15) is 12.3 Å². The van der Waals surface area contributed by atoms with Crippen LogP contribution in [0.5, 0.6) is 17.2 Å². The Morgan fingerprint density at radius 2 is 1.59 bits per heavy atom. The number of aromatic nitrogens is 2. The summed E-state index contributed by atoms with van der Waals surface area (Å²) in [5.41, 5.74) is 1.42. The van der Waals surface area contributed by atoms with Gasteiger partial charge in [0.15, 0.2) is 17.3 Å². The third kappa shape index (κ3) is 3.92. The summed E-state index contributed by atoms with van der Waals surface area (Å²) in [5, 5.41) is 5.73. The highest BCUT2D eigenvalue weighted by molar-refractivity contribution is 5.97. The maximum atomic E-state index is 13.1. The Labute approximate surface area is 184 Å². The van der Waals surface area contributed by atoms with Gasteiger partial charge in [-0.25, -0.2) is 4.68 Å². The van der Waals surface area contributed by atoms with E-state index in [1.165, 1.54) is 11.8 Å². The molecular weight excluding hydrogens is 408 g/mol. The molecule has 7 heteroatoms. The smallest absolute Gasteiger partial charge is 0.275 e. The number of Topliss-reactive ketones (excluding diaryl/α,β-unsaturated/α-hetero) is 1. The molecule has 3 aromatic carbocycles. The van der Waals surface area contributed by atoms with Crippen molar-refractivity contribution < 1.29 is 19.0 Å². The molecule has 1 heterocycles. The lowest BCUT2D eigenvalue weighted by Crippen LogP contribution is -2.27. The number of ketones is 1. The van der Waals surface area contributed by atoms with Crippen LogP contribution in [0.1, 0.15) is 10.4 Å². The third-order valence-electron chi connectivity index (χ3n) is 5.21. The minimum atomic E-state index is -0.332. The topological polar surface area (TPSA) is 79.7 Å². The standard InChI is InChI=1S/C25H22N2O5/c1-30-18-8-6-7-16(13-18)21(28)15-27-25(29)20-10-5-4-9-19(20)24(26-27)17-11-12-22(31-2)23(14-17)32-3/h4-14H,15H2,1-3H3. The van der Waals surface area contributed by atoms with E-state index in [2.05, 4.69) is 5.10 Å². The van der Waals surface area contributed by atoms with Crippen molar-refractivity contribution in [3.05, 3.63) is 82.6 Å². The highest BCUT2D eigenvalue weighted by Crippen LogP contribution is 2.33. The van der Waals surface area contributed by atoms with Crippen molar-refractivity contribution in [2.75, 3.05) is 21.3 Å². The van der Waals surface area contributed by atoms with E-state index in [9.17, 15) is 9.59 Å². The fourth-order valence-corrected chi connectivity index (χ4v) is 3.56. The summed E-state index contributed by atoms with van der Waals surface area (Å²) < 4.78 is 17.1. The fraction of sp³-hybridized carbons (Fsp3) is 0.160. The number of carbonyl (C=O) groups excluding carboxylic acids is 1. The van der Waals surface area contributed by atoms with Crippen molar-refractivity contribution in [2.45, 2.75) is 6.54 Å². The second-order valence-electron chi connectivity index (χ2n) is 7.08. The lowest BCUT2D eigenvalue weighted by Gasteiger charge is -2.13. The van der Waals surface area contributed by atoms with Gasteiger partial charge in [0.05, 0.1) is 32.4 Å². The van der Waals surface area contributed by atoms with Crippen molar-refractivity contribution in [3.63, 3.8) is 0 Å². The molecule has 4 rings (SSSR count). The van der Waals surface area contributed by atoms with Gasteiger partial charge in [-0.05, 0) is 36.4 Å². The first-order valence-corrected chi connectivity index (χ1v) is 9.95. The van der Waals surface area contributed by atoms with Crippen molar-refractivity contribution in [3.8, 4) is 28.5 Å². The first kappa shape index (κ1) is 21.1. The minimum Gasteiger partial charge on any atom is -0.497 e. The number of ether oxygens (including phenoxy) is 3. The number of hydrogen-bond donors (Lipinski definition) is 0. The molecule has 0 atom stereocenters. The summed E-state index contributed by atoms with van der Waals surface area (Å²) in [5.74, 6) is 1.45. The Balaban J connectivity index is 1.84. The van der Waals surface area contributed by atoms with E-state index in [-0.39, 0.29) is 17.9 Å². The monoisotopic (exact) mass is 430 g/mol. The first-order chi connectivity index (χ1) is 15.5. The van der Waals surface area contributed by atoms with Crippen LogP contribution in [-0.4, -0.2) is 36.9 Å². The zero-order chi connectivity index (χ0) is 22.7. The summed E-state index contributed by atoms with van der Waals surface area (Å²) in [4.78, 5) is 26.0. The largest absolute Gasteiger partial charge is 0.497 e. The Morgan fingerprint density at radius 3 is 2.31 bits per heavy atom. The van der Waals surface area contributed by atoms with Crippen molar-refractivity contribution in [2.24, 2.45) is 0 Å². The molecule has 1 aromatic heterocycles. The molecule has 0 unspecified atom stereocenters. The zero-order valence-corrected chi connectivity index (χ0v) is 18.0. The van der Waals surface area contributed by atoms with Crippen LogP contribution < -0.4 is 19.8 Å². The van der Waals surface area contributed by atoms with E-state index in [1.807, 2.05) is 18.2 Å². The van der Waals surface area contributed by atoms with Gasteiger partial charge in [0.2, 0.25) is 0 Å². The Kier molecular flexibility index (Phi) is 5.89. The zero-order valence-electron chi connectivity index (χ0n) is 18.0. The van der Waals surface area contributed by atoms with Crippen molar-refractivity contribution in [1.29, 1.82) is 0 Å². The maximum Gasteiger partial charge on any atom is 0.275 e. The van der Waals surface area contributed by atoms with E-state index in [0.717, 1.165) is 5.56 Å². The molecule has 0 radical (unpaired) electrons. The number of fused-ring (bicyclic) bond motifs is 1. The predicted octanol–water partition coefficient (Wildman–Crippen LogP) is 3.97. The molecule has 0 spiro atoms. The number of rotatable bonds is 7. The summed E-state index contributed by atoms with van der Waals surface area (Å²) in [6.07, 6.45) is 0. The van der Waals surface area contributed by atoms with Gasteiger partial charge in [-0.1, -0.05) is 30.3 Å². The molecule has 0 saturated heterocycles. The first-order valence-electron chi connectivity index (χ1n) is 9.95. The van der Waals surface area contributed by atoms with Gasteiger partial charge in [0.25, 0.3) is 5.56 Å². The lowest BCUT2D eigenvalue weighted by atomic mass is 10.0. The van der Waals surface area contributed by atoms with Gasteiger partial charge >= 0.3 is 0 Å². The highest BCUT2D eigenvalue weighted by atomic mass is 16.5. The quantitative estimate of drug-likeness (QED) is 0.413. The molecule has 32 heavy (non-hydrogen) atoms. The molecule has 0 saturated carbocycles. The summed E-state index contributed by atoms with van der Waals surface area (Å²) >= 11 is 0. The van der Waals surface area contributed by atoms with E-state index >= 15 is 0 Å². The van der Waals surface area contributed by atoms with Crippen LogP contribution in [0, 0.1) is 0 Å². The molecule has 162 valence electrons. The van der Waals surface area contributed by atoms with Gasteiger partial charge in [-0.3, -0.25) is 9.59 Å². The number of carbonyl (C=O) groups is 1. The Hall–Kier alpha value is -4.13. The lowest BCUT2D eigenvalue weighted by molar-refractivity contribution is 0.0965. The molecular formula is C25H22N2O5. The molecule has 0 aliphatic heterocycles. The number of nitrogens with zero attached hydrogens (tertiary/aromatic N) is 2. The van der Waals surface area contributed by atoms with Gasteiger partial charge in [0, 0.05) is 16.5 Å². The van der Waals surface area contributed by atoms with E-state index < -0.39 is 0 Å². The predicted molar refractivity (Wildman–Crippen MR) is 122 cm³/mol. The molecule has 0 amide bonds. The molecule has 0 fully saturated rings. The second-order valence-corrected chi connectivity index (χ2v) is 7.08. The minimum absolute atomic E-state index is 0.197. The average molecular weight is 430 g/mol. The number of methoxy groups -OCH3 is 3. The number of benzene rings is 3. The normalized spacial score (nSPS) is 10.7. The average Bonchev–Trinajstić information content (AvgIpc) is 2.85. The summed E-state index contributed by atoms with van der Waals surface area (Å²) in [7, 11) is 4.66. The van der Waals surface area contributed by atoms with Crippen LogP contribution >= 0.6 is 0 Å². The van der Waals surface area contributed by atoms with E-state index in [1.54, 1.807) is 62.8 Å². The van der Waals surface area contributed by atoms with Crippen LogP contribution in [0.4, 0.5) is 0 Å². The summed E-state index contributed by atoms with van der Waals surface area (Å²) in [6.45, 7) is -0.197. The third-order valence-corrected chi connectivity index (χ3v) is 5.21. The van der Waals surface area contributed by atoms with Crippen LogP contribution in [0.2, 0.25) is 0 Å². The molecule has 0 aliphatic rings. The van der Waals surface area contributed by atoms with E-state index in [4.69, 9.17) is 14.2 Å². The van der Waals surface area contributed by atoms with Crippen LogP contribution in [0.3, 0.4) is 0 Å². The molecule has 0 N–H and O–H groups in total. The Bertz CT molecular complexity index is 1360. The molecule has 0 aliphatic carbocycles. The van der Waals surface area contributed by atoms with Crippen molar-refractivity contribution in [1.82, 2.24) is 9.78 Å². The van der Waals surface area contributed by atoms with Gasteiger partial charge < -0.3 is 14.2 Å². The van der Waals surface area contributed by atoms with Crippen LogP contribution in [0.25, 0.3) is 22.0 Å². The fourth-order valence-electron chi connectivity index (χ4n) is 3.56. The van der Waals surface area contributed by atoms with Gasteiger partial charge in [-0.15, -0.1) is 0 Å². The van der Waals surface area contributed by atoms with Crippen molar-refractivity contribution >= 4 is 16.6 Å². The highest BCUT2D eigenvalue weighted by Gasteiger charge is 2.17.